The molecule has 2 aromatic carbocycles. The van der Waals surface area contributed by atoms with E-state index < -0.39 is 0 Å². The zero-order chi connectivity index (χ0) is 20.2. The highest BCUT2D eigenvalue weighted by atomic mass is 32.2. The molecule has 1 aromatic heterocycles. The van der Waals surface area contributed by atoms with Crippen molar-refractivity contribution in [3.8, 4) is 0 Å². The largest absolute Gasteiger partial charge is 0.414 e. The molecular weight excluding hydrogens is 384 g/mol. The standard InChI is InChI=1S/C22H24N4O2S/c1-15-7-8-19(16(2)11-15)23-12-20-24-25-22(28-20)29-14-21(27)26-10-9-17-5-3-4-6-18(17)13-26/h3-8,11,23H,9-10,12-14H2,1-2H3. The normalized spacial score (nSPS) is 13.2. The van der Waals surface area contributed by atoms with Crippen LogP contribution in [0.3, 0.4) is 0 Å². The number of nitrogens with one attached hydrogen (secondary N) is 1. The van der Waals surface area contributed by atoms with Crippen LogP contribution in [-0.4, -0.2) is 33.3 Å². The maximum absolute atomic E-state index is 12.6. The summed E-state index contributed by atoms with van der Waals surface area (Å²) in [5.41, 5.74) is 6.01. The minimum absolute atomic E-state index is 0.0951. The number of hydrogen-bond donors (Lipinski definition) is 1. The van der Waals surface area contributed by atoms with Gasteiger partial charge in [0.2, 0.25) is 11.8 Å². The topological polar surface area (TPSA) is 71.3 Å². The van der Waals surface area contributed by atoms with Gasteiger partial charge in [0.1, 0.15) is 0 Å². The van der Waals surface area contributed by atoms with Crippen LogP contribution < -0.4 is 5.32 Å². The number of hydrogen-bond acceptors (Lipinski definition) is 6. The van der Waals surface area contributed by atoms with Crippen molar-refractivity contribution >= 4 is 23.4 Å². The van der Waals surface area contributed by atoms with Crippen molar-refractivity contribution < 1.29 is 9.21 Å². The van der Waals surface area contributed by atoms with E-state index in [-0.39, 0.29) is 5.91 Å². The third kappa shape index (κ3) is 4.79. The van der Waals surface area contributed by atoms with Gasteiger partial charge in [0, 0.05) is 18.8 Å². The molecule has 0 fully saturated rings. The lowest BCUT2D eigenvalue weighted by Gasteiger charge is -2.28. The maximum Gasteiger partial charge on any atom is 0.277 e. The molecule has 4 rings (SSSR count). The zero-order valence-corrected chi connectivity index (χ0v) is 17.5. The molecule has 1 N–H and O–H groups in total. The van der Waals surface area contributed by atoms with E-state index in [9.17, 15) is 4.79 Å². The smallest absolute Gasteiger partial charge is 0.277 e. The van der Waals surface area contributed by atoms with Gasteiger partial charge in [-0.15, -0.1) is 10.2 Å². The van der Waals surface area contributed by atoms with Crippen LogP contribution >= 0.6 is 11.8 Å². The molecule has 150 valence electrons. The Bertz CT molecular complexity index is 1020. The molecule has 0 unspecified atom stereocenters. The van der Waals surface area contributed by atoms with Crippen molar-refractivity contribution in [3.05, 3.63) is 70.6 Å². The number of carbonyl (C=O) groups excluding carboxylic acids is 1. The third-order valence-corrected chi connectivity index (χ3v) is 5.87. The van der Waals surface area contributed by atoms with Crippen molar-refractivity contribution in [2.45, 2.75) is 38.6 Å². The Labute approximate surface area is 174 Å². The van der Waals surface area contributed by atoms with Gasteiger partial charge in [-0.25, -0.2) is 0 Å². The molecule has 2 heterocycles. The minimum Gasteiger partial charge on any atom is -0.414 e. The second-order valence-electron chi connectivity index (χ2n) is 7.26. The number of aromatic nitrogens is 2. The van der Waals surface area contributed by atoms with Crippen LogP contribution in [0, 0.1) is 13.8 Å². The lowest BCUT2D eigenvalue weighted by atomic mass is 10.00. The van der Waals surface area contributed by atoms with Gasteiger partial charge in [-0.05, 0) is 43.0 Å². The van der Waals surface area contributed by atoms with Crippen molar-refractivity contribution in [1.82, 2.24) is 15.1 Å². The molecular formula is C22H24N4O2S. The molecule has 0 atom stereocenters. The van der Waals surface area contributed by atoms with Gasteiger partial charge in [0.15, 0.2) is 0 Å². The second kappa shape index (κ2) is 8.69. The van der Waals surface area contributed by atoms with E-state index in [1.54, 1.807) is 0 Å². The Kier molecular flexibility index (Phi) is 5.85. The number of benzene rings is 2. The average molecular weight is 409 g/mol. The van der Waals surface area contributed by atoms with Gasteiger partial charge in [0.05, 0.1) is 12.3 Å². The van der Waals surface area contributed by atoms with Crippen molar-refractivity contribution in [1.29, 1.82) is 0 Å². The summed E-state index contributed by atoms with van der Waals surface area (Å²) in [6, 6.07) is 14.5. The Morgan fingerprint density at radius 2 is 2.00 bits per heavy atom. The number of anilines is 1. The Balaban J connectivity index is 1.28. The van der Waals surface area contributed by atoms with Gasteiger partial charge in [0.25, 0.3) is 5.22 Å². The first-order valence-electron chi connectivity index (χ1n) is 9.69. The third-order valence-electron chi connectivity index (χ3n) is 5.06. The maximum atomic E-state index is 12.6. The lowest BCUT2D eigenvalue weighted by molar-refractivity contribution is -0.129. The summed E-state index contributed by atoms with van der Waals surface area (Å²) in [7, 11) is 0. The van der Waals surface area contributed by atoms with Crippen LogP contribution in [0.1, 0.15) is 28.1 Å². The predicted molar refractivity (Wildman–Crippen MR) is 114 cm³/mol. The van der Waals surface area contributed by atoms with E-state index in [0.29, 0.717) is 30.0 Å². The van der Waals surface area contributed by atoms with Crippen LogP contribution in [0.15, 0.2) is 52.1 Å². The molecule has 1 amide bonds. The molecule has 7 heteroatoms. The van der Waals surface area contributed by atoms with Gasteiger partial charge in [-0.3, -0.25) is 4.79 Å². The predicted octanol–water partition coefficient (Wildman–Crippen LogP) is 3.98. The highest BCUT2D eigenvalue weighted by Gasteiger charge is 2.21. The summed E-state index contributed by atoms with van der Waals surface area (Å²) >= 11 is 1.29. The molecule has 1 aliphatic heterocycles. The van der Waals surface area contributed by atoms with E-state index in [4.69, 9.17) is 4.42 Å². The molecule has 3 aromatic rings. The fourth-order valence-electron chi connectivity index (χ4n) is 3.47. The fourth-order valence-corrected chi connectivity index (χ4v) is 4.16. The van der Waals surface area contributed by atoms with Gasteiger partial charge in [-0.1, -0.05) is 53.7 Å². The Hall–Kier alpha value is -2.80. The SMILES string of the molecule is Cc1ccc(NCc2nnc(SCC(=O)N3CCc4ccccc4C3)o2)c(C)c1. The number of carbonyl (C=O) groups is 1. The second-order valence-corrected chi connectivity index (χ2v) is 8.18. The van der Waals surface area contributed by atoms with Crippen LogP contribution in [0.2, 0.25) is 0 Å². The van der Waals surface area contributed by atoms with Crippen molar-refractivity contribution in [3.63, 3.8) is 0 Å². The van der Waals surface area contributed by atoms with E-state index >= 15 is 0 Å². The summed E-state index contributed by atoms with van der Waals surface area (Å²) in [5, 5.41) is 11.9. The molecule has 1 aliphatic rings. The van der Waals surface area contributed by atoms with E-state index in [1.165, 1.54) is 34.0 Å². The van der Waals surface area contributed by atoms with Gasteiger partial charge in [-0.2, -0.15) is 0 Å². The van der Waals surface area contributed by atoms with Crippen LogP contribution in [0.5, 0.6) is 0 Å². The molecule has 0 saturated heterocycles. The first-order valence-corrected chi connectivity index (χ1v) is 10.7. The summed E-state index contributed by atoms with van der Waals surface area (Å²) in [4.78, 5) is 14.5. The van der Waals surface area contributed by atoms with Crippen LogP contribution in [0.25, 0.3) is 0 Å². The number of thioether (sulfide) groups is 1. The van der Waals surface area contributed by atoms with Gasteiger partial charge < -0.3 is 14.6 Å². The van der Waals surface area contributed by atoms with Crippen LogP contribution in [-0.2, 0) is 24.3 Å². The lowest BCUT2D eigenvalue weighted by Crippen LogP contribution is -2.37. The molecule has 0 saturated carbocycles. The monoisotopic (exact) mass is 408 g/mol. The number of nitrogens with zero attached hydrogens (tertiary/aromatic N) is 3. The first kappa shape index (κ1) is 19.5. The Morgan fingerprint density at radius 3 is 2.83 bits per heavy atom. The van der Waals surface area contributed by atoms with Gasteiger partial charge >= 0.3 is 0 Å². The highest BCUT2D eigenvalue weighted by molar-refractivity contribution is 7.99. The summed E-state index contributed by atoms with van der Waals surface area (Å²) in [6.45, 7) is 6.02. The fraction of sp³-hybridized carbons (Fsp3) is 0.318. The summed E-state index contributed by atoms with van der Waals surface area (Å²) < 4.78 is 5.67. The highest BCUT2D eigenvalue weighted by Crippen LogP contribution is 2.22. The van der Waals surface area contributed by atoms with Crippen molar-refractivity contribution in [2.75, 3.05) is 17.6 Å². The number of fused-ring (bicyclic) bond motifs is 1. The van der Waals surface area contributed by atoms with Crippen molar-refractivity contribution in [2.24, 2.45) is 0 Å². The van der Waals surface area contributed by atoms with Crippen LogP contribution in [0.4, 0.5) is 5.69 Å². The first-order chi connectivity index (χ1) is 14.1. The molecule has 0 bridgehead atoms. The molecule has 0 spiro atoms. The Morgan fingerprint density at radius 1 is 1.17 bits per heavy atom. The summed E-state index contributed by atoms with van der Waals surface area (Å²) in [6.07, 6.45) is 0.904. The zero-order valence-electron chi connectivity index (χ0n) is 16.6. The molecule has 0 radical (unpaired) electrons. The number of aryl methyl sites for hydroxylation is 2. The van der Waals surface area contributed by atoms with E-state index in [0.717, 1.165) is 18.7 Å². The average Bonchev–Trinajstić information content (AvgIpc) is 3.19. The molecule has 29 heavy (non-hydrogen) atoms. The quantitative estimate of drug-likeness (QED) is 0.622. The van der Waals surface area contributed by atoms with E-state index in [1.807, 2.05) is 23.1 Å². The number of rotatable bonds is 6. The summed E-state index contributed by atoms with van der Waals surface area (Å²) in [5.74, 6) is 0.901. The molecule has 6 nitrogen and oxygen atoms in total. The molecule has 0 aliphatic carbocycles. The minimum atomic E-state index is 0.0951. The number of amides is 1. The van der Waals surface area contributed by atoms with E-state index in [2.05, 4.69) is 53.6 Å².